The van der Waals surface area contributed by atoms with Gasteiger partial charge in [0.1, 0.15) is 6.29 Å². The van der Waals surface area contributed by atoms with E-state index in [0.717, 1.165) is 6.29 Å². The van der Waals surface area contributed by atoms with Crippen LogP contribution < -0.4 is 0 Å². The molecule has 0 aromatic heterocycles. The quantitative estimate of drug-likeness (QED) is 0.411. The number of rotatable bonds is 0. The van der Waals surface area contributed by atoms with Crippen LogP contribution in [0.1, 0.15) is 26.7 Å². The summed E-state index contributed by atoms with van der Waals surface area (Å²) in [5.74, 6) is 0. The molecule has 0 N–H and O–H groups in total. The molecule has 2 heteroatoms. The summed E-state index contributed by atoms with van der Waals surface area (Å²) in [6, 6.07) is 0. The average molecular weight is 179 g/mol. The van der Waals surface area contributed by atoms with Crippen molar-refractivity contribution in [2.24, 2.45) is 0 Å². The molecule has 1 fully saturated rings. The number of hydrogen-bond acceptors (Lipinski definition) is 1. The van der Waals surface area contributed by atoms with Crippen LogP contribution >= 0.6 is 15.9 Å². The lowest BCUT2D eigenvalue weighted by Gasteiger charge is -1.83. The lowest BCUT2D eigenvalue weighted by molar-refractivity contribution is -0.106. The second kappa shape index (κ2) is 3.23. The van der Waals surface area contributed by atoms with E-state index in [1.165, 1.54) is 19.8 Å². The zero-order chi connectivity index (χ0) is 6.62. The van der Waals surface area contributed by atoms with Gasteiger partial charge in [0.15, 0.2) is 0 Å². The molecule has 8 heavy (non-hydrogen) atoms. The molecule has 1 aliphatic carbocycles. The van der Waals surface area contributed by atoms with Crippen LogP contribution in [0.25, 0.3) is 0 Å². The van der Waals surface area contributed by atoms with Crippen LogP contribution in [0.3, 0.4) is 0 Å². The highest BCUT2D eigenvalue weighted by molar-refractivity contribution is 9.10. The molecule has 0 saturated heterocycles. The molecule has 0 heterocycles. The number of carbonyl (C=O) groups excluding carboxylic acids is 1. The Bertz CT molecular complexity index is 72.6. The predicted octanol–water partition coefficient (Wildman–Crippen LogP) is 2.14. The average Bonchev–Trinajstić information content (AvgIpc) is 2.22. The maximum absolute atomic E-state index is 8.81. The van der Waals surface area contributed by atoms with Crippen LogP contribution in [0, 0.1) is 0 Å². The van der Waals surface area contributed by atoms with Crippen LogP contribution in [-0.4, -0.2) is 10.6 Å². The fraction of sp³-hybridized carbons (Fsp3) is 0.833. The van der Waals surface area contributed by atoms with Gasteiger partial charge in [-0.1, -0.05) is 15.9 Å². The predicted molar refractivity (Wildman–Crippen MR) is 38.3 cm³/mol. The third-order valence-electron chi connectivity index (χ3n) is 0.939. The zero-order valence-corrected chi connectivity index (χ0v) is 6.86. The summed E-state index contributed by atoms with van der Waals surface area (Å²) in [6.45, 7) is 3.66. The Hall–Kier alpha value is 0.150. The van der Waals surface area contributed by atoms with E-state index in [4.69, 9.17) is 4.79 Å². The van der Waals surface area contributed by atoms with Crippen molar-refractivity contribution >= 4 is 22.2 Å². The standard InChI is InChI=1S/C4H7Br.C2H4O/c1-4(5)2-3-4;1-2-3/h2-3H2,1H3;2H,1H3. The lowest BCUT2D eigenvalue weighted by atomic mass is 10.5. The van der Waals surface area contributed by atoms with E-state index in [2.05, 4.69) is 22.9 Å². The number of alkyl halides is 1. The summed E-state index contributed by atoms with van der Waals surface area (Å²) in [5.41, 5.74) is 0. The first-order valence-corrected chi connectivity index (χ1v) is 3.50. The van der Waals surface area contributed by atoms with E-state index in [0.29, 0.717) is 4.32 Å². The van der Waals surface area contributed by atoms with Gasteiger partial charge < -0.3 is 4.79 Å². The number of aldehydes is 1. The SMILES string of the molecule is CC1(Br)CC1.CC=O. The van der Waals surface area contributed by atoms with Crippen LogP contribution in [0.2, 0.25) is 0 Å². The molecule has 1 saturated carbocycles. The van der Waals surface area contributed by atoms with Gasteiger partial charge in [-0.3, -0.25) is 0 Å². The van der Waals surface area contributed by atoms with E-state index in [9.17, 15) is 0 Å². The van der Waals surface area contributed by atoms with Gasteiger partial charge in [0, 0.05) is 4.32 Å². The first-order chi connectivity index (χ1) is 3.62. The van der Waals surface area contributed by atoms with Crippen molar-refractivity contribution in [2.45, 2.75) is 31.0 Å². The molecular formula is C6H11BrO. The van der Waals surface area contributed by atoms with Gasteiger partial charge in [-0.25, -0.2) is 0 Å². The highest BCUT2D eigenvalue weighted by Crippen LogP contribution is 2.43. The summed E-state index contributed by atoms with van der Waals surface area (Å²) >= 11 is 3.49. The third kappa shape index (κ3) is 6.15. The lowest BCUT2D eigenvalue weighted by Crippen LogP contribution is -1.78. The van der Waals surface area contributed by atoms with Crippen LogP contribution in [0.4, 0.5) is 0 Å². The summed E-state index contributed by atoms with van der Waals surface area (Å²) in [4.78, 5) is 8.81. The maximum atomic E-state index is 8.81. The Kier molecular flexibility index (Phi) is 3.29. The van der Waals surface area contributed by atoms with Gasteiger partial charge in [-0.2, -0.15) is 0 Å². The molecule has 48 valence electrons. The van der Waals surface area contributed by atoms with Gasteiger partial charge in [0.2, 0.25) is 0 Å². The smallest absolute Gasteiger partial charge is 0.116 e. The monoisotopic (exact) mass is 178 g/mol. The van der Waals surface area contributed by atoms with E-state index < -0.39 is 0 Å². The molecule has 1 nitrogen and oxygen atoms in total. The molecule has 0 unspecified atom stereocenters. The highest BCUT2D eigenvalue weighted by atomic mass is 79.9. The van der Waals surface area contributed by atoms with Crippen molar-refractivity contribution in [1.82, 2.24) is 0 Å². The van der Waals surface area contributed by atoms with Crippen molar-refractivity contribution < 1.29 is 4.79 Å². The molecule has 0 spiro atoms. The second-order valence-corrected chi connectivity index (χ2v) is 4.06. The Morgan fingerprint density at radius 2 is 1.75 bits per heavy atom. The summed E-state index contributed by atoms with van der Waals surface area (Å²) in [6.07, 6.45) is 3.49. The highest BCUT2D eigenvalue weighted by Gasteiger charge is 2.33. The second-order valence-electron chi connectivity index (χ2n) is 2.15. The minimum Gasteiger partial charge on any atom is -0.304 e. The Balaban J connectivity index is 0.000000145. The molecule has 0 radical (unpaired) electrons. The minimum atomic E-state index is 0.562. The van der Waals surface area contributed by atoms with E-state index in [1.807, 2.05) is 0 Å². The van der Waals surface area contributed by atoms with Crippen molar-refractivity contribution in [3.8, 4) is 0 Å². The summed E-state index contributed by atoms with van der Waals surface area (Å²) < 4.78 is 0.562. The van der Waals surface area contributed by atoms with Gasteiger partial charge in [0.05, 0.1) is 0 Å². The van der Waals surface area contributed by atoms with Gasteiger partial charge in [-0.05, 0) is 26.7 Å². The molecular weight excluding hydrogens is 168 g/mol. The Labute approximate surface area is 58.6 Å². The van der Waals surface area contributed by atoms with Gasteiger partial charge in [0.25, 0.3) is 0 Å². The minimum absolute atomic E-state index is 0.562. The van der Waals surface area contributed by atoms with E-state index in [1.54, 1.807) is 0 Å². The Morgan fingerprint density at radius 3 is 1.75 bits per heavy atom. The molecule has 0 aromatic rings. The maximum Gasteiger partial charge on any atom is 0.116 e. The Morgan fingerprint density at radius 1 is 1.62 bits per heavy atom. The fourth-order valence-corrected chi connectivity index (χ4v) is 0.370. The molecule has 0 aromatic carbocycles. The number of hydrogen-bond donors (Lipinski definition) is 0. The van der Waals surface area contributed by atoms with Gasteiger partial charge in [-0.15, -0.1) is 0 Å². The fourth-order valence-electron chi connectivity index (χ4n) is 0.172. The third-order valence-corrected chi connectivity index (χ3v) is 1.73. The van der Waals surface area contributed by atoms with Gasteiger partial charge >= 0.3 is 0 Å². The molecule has 1 rings (SSSR count). The van der Waals surface area contributed by atoms with Crippen molar-refractivity contribution in [1.29, 1.82) is 0 Å². The number of carbonyl (C=O) groups is 1. The van der Waals surface area contributed by atoms with Crippen molar-refractivity contribution in [3.05, 3.63) is 0 Å². The molecule has 0 atom stereocenters. The first-order valence-electron chi connectivity index (χ1n) is 2.71. The topological polar surface area (TPSA) is 17.1 Å². The summed E-state index contributed by atoms with van der Waals surface area (Å²) in [5, 5.41) is 0. The van der Waals surface area contributed by atoms with Crippen molar-refractivity contribution in [3.63, 3.8) is 0 Å². The van der Waals surface area contributed by atoms with Crippen molar-refractivity contribution in [2.75, 3.05) is 0 Å². The van der Waals surface area contributed by atoms with Crippen LogP contribution in [0.15, 0.2) is 0 Å². The zero-order valence-electron chi connectivity index (χ0n) is 5.28. The van der Waals surface area contributed by atoms with E-state index >= 15 is 0 Å². The normalized spacial score (nSPS) is 20.4. The van der Waals surface area contributed by atoms with Crippen LogP contribution in [0.5, 0.6) is 0 Å². The van der Waals surface area contributed by atoms with Crippen LogP contribution in [-0.2, 0) is 4.79 Å². The number of halogens is 1. The van der Waals surface area contributed by atoms with E-state index in [-0.39, 0.29) is 0 Å². The molecule has 1 aliphatic rings. The first kappa shape index (κ1) is 8.15. The molecule has 0 bridgehead atoms. The molecule has 0 aliphatic heterocycles. The molecule has 0 amide bonds. The largest absolute Gasteiger partial charge is 0.304 e. The summed E-state index contributed by atoms with van der Waals surface area (Å²) in [7, 11) is 0.